The number of halogens is 5. The van der Waals surface area contributed by atoms with Gasteiger partial charge in [-0.3, -0.25) is 4.99 Å². The lowest BCUT2D eigenvalue weighted by atomic mass is 10.2. The van der Waals surface area contributed by atoms with Crippen LogP contribution >= 0.6 is 11.8 Å². The Morgan fingerprint density at radius 2 is 1.44 bits per heavy atom. The van der Waals surface area contributed by atoms with Gasteiger partial charge in [-0.15, -0.1) is 0 Å². The molecule has 1 aromatic rings. The van der Waals surface area contributed by atoms with E-state index >= 15 is 0 Å². The SMILES string of the molecule is Fc1c(F)c(F)c(NC2=NCCCS2)c(F)c1F. The minimum atomic E-state index is -2.17. The Balaban J connectivity index is 2.41. The number of amidine groups is 1. The van der Waals surface area contributed by atoms with Crippen molar-refractivity contribution < 1.29 is 22.0 Å². The molecule has 0 aliphatic carbocycles. The van der Waals surface area contributed by atoms with Crippen LogP contribution in [0.5, 0.6) is 0 Å². The highest BCUT2D eigenvalue weighted by Gasteiger charge is 2.26. The number of nitrogens with zero attached hydrogens (tertiary/aromatic N) is 1. The third-order valence-electron chi connectivity index (χ3n) is 2.24. The summed E-state index contributed by atoms with van der Waals surface area (Å²) in [6, 6.07) is 0. The molecule has 1 aliphatic heterocycles. The second kappa shape index (κ2) is 5.13. The summed E-state index contributed by atoms with van der Waals surface area (Å²) < 4.78 is 65.2. The fourth-order valence-electron chi connectivity index (χ4n) is 1.36. The Labute approximate surface area is 103 Å². The summed E-state index contributed by atoms with van der Waals surface area (Å²) in [4.78, 5) is 3.89. The van der Waals surface area contributed by atoms with E-state index in [0.29, 0.717) is 12.3 Å². The average Bonchev–Trinajstić information content (AvgIpc) is 2.40. The number of anilines is 1. The van der Waals surface area contributed by atoms with Crippen molar-refractivity contribution in [2.45, 2.75) is 6.42 Å². The van der Waals surface area contributed by atoms with Crippen molar-refractivity contribution in [3.05, 3.63) is 29.1 Å². The highest BCUT2D eigenvalue weighted by atomic mass is 32.2. The largest absolute Gasteiger partial charge is 0.330 e. The van der Waals surface area contributed by atoms with Crippen LogP contribution in [0.3, 0.4) is 0 Å². The third kappa shape index (κ3) is 2.29. The molecular formula is C10H7F5N2S. The van der Waals surface area contributed by atoms with Gasteiger partial charge in [-0.1, -0.05) is 11.8 Å². The topological polar surface area (TPSA) is 24.4 Å². The molecule has 0 saturated carbocycles. The molecule has 0 bridgehead atoms. The van der Waals surface area contributed by atoms with Crippen LogP contribution in [-0.4, -0.2) is 17.5 Å². The fourth-order valence-corrected chi connectivity index (χ4v) is 2.18. The molecule has 0 unspecified atom stereocenters. The molecule has 2 rings (SSSR count). The van der Waals surface area contributed by atoms with Crippen LogP contribution in [0.1, 0.15) is 6.42 Å². The quantitative estimate of drug-likeness (QED) is 0.485. The molecule has 1 aromatic carbocycles. The lowest BCUT2D eigenvalue weighted by Crippen LogP contribution is -2.17. The molecule has 0 amide bonds. The molecule has 0 radical (unpaired) electrons. The zero-order valence-corrected chi connectivity index (χ0v) is 9.68. The summed E-state index contributed by atoms with van der Waals surface area (Å²) in [5, 5.41) is 2.29. The van der Waals surface area contributed by atoms with Gasteiger partial charge in [0.05, 0.1) is 0 Å². The van der Waals surface area contributed by atoms with E-state index in [1.165, 1.54) is 0 Å². The zero-order valence-electron chi connectivity index (χ0n) is 8.87. The van der Waals surface area contributed by atoms with Crippen LogP contribution in [0.25, 0.3) is 0 Å². The predicted octanol–water partition coefficient (Wildman–Crippen LogP) is 3.29. The van der Waals surface area contributed by atoms with E-state index in [1.807, 2.05) is 0 Å². The molecule has 98 valence electrons. The van der Waals surface area contributed by atoms with Gasteiger partial charge in [-0.05, 0) is 6.42 Å². The van der Waals surface area contributed by atoms with Crippen LogP contribution in [0.15, 0.2) is 4.99 Å². The van der Waals surface area contributed by atoms with Crippen LogP contribution < -0.4 is 5.32 Å². The van der Waals surface area contributed by atoms with Gasteiger partial charge in [-0.25, -0.2) is 22.0 Å². The molecule has 0 fully saturated rings. The summed E-state index contributed by atoms with van der Waals surface area (Å²) in [6.45, 7) is 0.449. The number of nitrogens with one attached hydrogen (secondary N) is 1. The van der Waals surface area contributed by atoms with E-state index < -0.39 is 34.8 Å². The summed E-state index contributed by atoms with van der Waals surface area (Å²) in [5.41, 5.74) is -1.07. The number of hydrogen-bond donors (Lipinski definition) is 1. The standard InChI is InChI=1S/C10H7F5N2S/c11-4-5(12)7(14)9(8(15)6(4)13)17-10-16-2-1-3-18-10/h1-3H2,(H,16,17). The molecule has 1 aliphatic rings. The van der Waals surface area contributed by atoms with Crippen molar-refractivity contribution in [3.8, 4) is 0 Å². The lowest BCUT2D eigenvalue weighted by molar-refractivity contribution is 0.382. The van der Waals surface area contributed by atoms with Crippen LogP contribution in [-0.2, 0) is 0 Å². The van der Waals surface area contributed by atoms with Crippen LogP contribution in [0.2, 0.25) is 0 Å². The van der Waals surface area contributed by atoms with Gasteiger partial charge < -0.3 is 5.32 Å². The van der Waals surface area contributed by atoms with Gasteiger partial charge in [0.25, 0.3) is 0 Å². The molecule has 0 saturated heterocycles. The van der Waals surface area contributed by atoms with E-state index in [4.69, 9.17) is 0 Å². The molecule has 18 heavy (non-hydrogen) atoms. The maximum Gasteiger partial charge on any atom is 0.200 e. The fraction of sp³-hybridized carbons (Fsp3) is 0.300. The molecule has 0 spiro atoms. The van der Waals surface area contributed by atoms with Crippen molar-refractivity contribution in [2.24, 2.45) is 4.99 Å². The first-order chi connectivity index (χ1) is 8.52. The summed E-state index contributed by atoms with van der Waals surface area (Å²) in [7, 11) is 0. The maximum absolute atomic E-state index is 13.3. The molecule has 1 heterocycles. The van der Waals surface area contributed by atoms with Crippen molar-refractivity contribution >= 4 is 22.6 Å². The summed E-state index contributed by atoms with van der Waals surface area (Å²) >= 11 is 1.16. The Hall–Kier alpha value is -1.31. The normalized spacial score (nSPS) is 15.5. The second-order valence-electron chi connectivity index (χ2n) is 3.46. The predicted molar refractivity (Wildman–Crippen MR) is 59.2 cm³/mol. The zero-order chi connectivity index (χ0) is 13.3. The summed E-state index contributed by atoms with van der Waals surface area (Å²) in [5.74, 6) is -9.23. The first-order valence-electron chi connectivity index (χ1n) is 4.98. The van der Waals surface area contributed by atoms with Gasteiger partial charge in [-0.2, -0.15) is 0 Å². The number of benzene rings is 1. The molecule has 0 aromatic heterocycles. The Morgan fingerprint density at radius 3 is 1.94 bits per heavy atom. The Kier molecular flexibility index (Phi) is 3.74. The van der Waals surface area contributed by atoms with E-state index in [-0.39, 0.29) is 5.17 Å². The van der Waals surface area contributed by atoms with Crippen molar-refractivity contribution in [1.29, 1.82) is 0 Å². The van der Waals surface area contributed by atoms with E-state index in [2.05, 4.69) is 10.3 Å². The smallest absolute Gasteiger partial charge is 0.200 e. The number of hydrogen-bond acceptors (Lipinski definition) is 3. The lowest BCUT2D eigenvalue weighted by Gasteiger charge is -2.15. The maximum atomic E-state index is 13.3. The monoisotopic (exact) mass is 282 g/mol. The number of thioether (sulfide) groups is 1. The first-order valence-corrected chi connectivity index (χ1v) is 5.96. The van der Waals surface area contributed by atoms with Crippen molar-refractivity contribution in [3.63, 3.8) is 0 Å². The highest BCUT2D eigenvalue weighted by molar-refractivity contribution is 8.14. The minimum absolute atomic E-state index is 0.143. The van der Waals surface area contributed by atoms with Gasteiger partial charge in [0.1, 0.15) is 5.69 Å². The minimum Gasteiger partial charge on any atom is -0.330 e. The molecule has 1 N–H and O–H groups in total. The number of rotatable bonds is 1. The first kappa shape index (κ1) is 13.1. The van der Waals surface area contributed by atoms with Gasteiger partial charge >= 0.3 is 0 Å². The van der Waals surface area contributed by atoms with Crippen LogP contribution in [0, 0.1) is 29.1 Å². The Morgan fingerprint density at radius 1 is 0.889 bits per heavy atom. The van der Waals surface area contributed by atoms with E-state index in [9.17, 15) is 22.0 Å². The molecule has 0 atom stereocenters. The second-order valence-corrected chi connectivity index (χ2v) is 4.54. The molecule has 8 heteroatoms. The average molecular weight is 282 g/mol. The third-order valence-corrected chi connectivity index (χ3v) is 3.24. The highest BCUT2D eigenvalue weighted by Crippen LogP contribution is 2.28. The number of aliphatic imine (C=N–C) groups is 1. The Bertz CT molecular complexity index is 488. The van der Waals surface area contributed by atoms with E-state index in [1.54, 1.807) is 0 Å². The molecule has 2 nitrogen and oxygen atoms in total. The van der Waals surface area contributed by atoms with Crippen molar-refractivity contribution in [2.75, 3.05) is 17.6 Å². The van der Waals surface area contributed by atoms with Gasteiger partial charge in [0.15, 0.2) is 28.4 Å². The van der Waals surface area contributed by atoms with Gasteiger partial charge in [0.2, 0.25) is 5.82 Å². The van der Waals surface area contributed by atoms with Crippen molar-refractivity contribution in [1.82, 2.24) is 0 Å². The van der Waals surface area contributed by atoms with E-state index in [0.717, 1.165) is 18.2 Å². The molecular weight excluding hydrogens is 275 g/mol. The summed E-state index contributed by atoms with van der Waals surface area (Å²) in [6.07, 6.45) is 0.799. The van der Waals surface area contributed by atoms with Gasteiger partial charge in [0, 0.05) is 12.3 Å². The van der Waals surface area contributed by atoms with Crippen LogP contribution in [0.4, 0.5) is 27.6 Å².